The van der Waals surface area contributed by atoms with Gasteiger partial charge in [0.25, 0.3) is 0 Å². The Morgan fingerprint density at radius 3 is 2.43 bits per heavy atom. The summed E-state index contributed by atoms with van der Waals surface area (Å²) in [6.07, 6.45) is 4.64. The van der Waals surface area contributed by atoms with Gasteiger partial charge in [-0.25, -0.2) is 0 Å². The Labute approximate surface area is 85.2 Å². The summed E-state index contributed by atoms with van der Waals surface area (Å²) >= 11 is 0. The van der Waals surface area contributed by atoms with E-state index in [1.165, 1.54) is 0 Å². The van der Waals surface area contributed by atoms with Crippen LogP contribution in [0.1, 0.15) is 44.2 Å². The van der Waals surface area contributed by atoms with E-state index < -0.39 is 6.10 Å². The van der Waals surface area contributed by atoms with Crippen LogP contribution in [0.2, 0.25) is 0 Å². The lowest BCUT2D eigenvalue weighted by atomic mass is 10.0. The molecule has 3 nitrogen and oxygen atoms in total. The number of aromatic nitrogens is 2. The smallest absolute Gasteiger partial charge is 0.0975 e. The van der Waals surface area contributed by atoms with Gasteiger partial charge in [0, 0.05) is 6.20 Å². The molecule has 1 aromatic heterocycles. The van der Waals surface area contributed by atoms with Gasteiger partial charge in [-0.2, -0.15) is 0 Å². The maximum atomic E-state index is 9.76. The first-order chi connectivity index (χ1) is 6.59. The summed E-state index contributed by atoms with van der Waals surface area (Å²) in [6, 6.07) is 0. The Morgan fingerprint density at radius 2 is 1.93 bits per heavy atom. The molecule has 78 valence electrons. The molecule has 14 heavy (non-hydrogen) atoms. The summed E-state index contributed by atoms with van der Waals surface area (Å²) in [6.45, 7) is 6.18. The van der Waals surface area contributed by atoms with Crippen LogP contribution in [0.5, 0.6) is 0 Å². The second kappa shape index (κ2) is 5.05. The Bertz CT molecular complexity index is 269. The van der Waals surface area contributed by atoms with E-state index in [1.54, 1.807) is 12.4 Å². The van der Waals surface area contributed by atoms with Crippen molar-refractivity contribution in [3.63, 3.8) is 0 Å². The maximum absolute atomic E-state index is 9.76. The van der Waals surface area contributed by atoms with E-state index in [0.717, 1.165) is 18.5 Å². The molecule has 0 aliphatic heterocycles. The molecule has 0 spiro atoms. The molecule has 0 saturated carbocycles. The molecule has 0 radical (unpaired) electrons. The summed E-state index contributed by atoms with van der Waals surface area (Å²) in [5.41, 5.74) is 1.56. The molecule has 1 heterocycles. The van der Waals surface area contributed by atoms with Crippen molar-refractivity contribution in [2.75, 3.05) is 0 Å². The van der Waals surface area contributed by atoms with Crippen molar-refractivity contribution in [2.24, 2.45) is 5.92 Å². The highest BCUT2D eigenvalue weighted by Crippen LogP contribution is 2.18. The lowest BCUT2D eigenvalue weighted by molar-refractivity contribution is 0.154. The van der Waals surface area contributed by atoms with Crippen LogP contribution in [0, 0.1) is 12.8 Å². The molecule has 1 aromatic rings. The molecule has 0 aliphatic rings. The number of aliphatic hydroxyl groups excluding tert-OH is 1. The number of hydrogen-bond donors (Lipinski definition) is 1. The normalized spacial score (nSPS) is 13.2. The van der Waals surface area contributed by atoms with Crippen LogP contribution in [-0.4, -0.2) is 15.1 Å². The minimum Gasteiger partial charge on any atom is -0.387 e. The molecule has 0 saturated heterocycles. The van der Waals surface area contributed by atoms with Crippen molar-refractivity contribution < 1.29 is 5.11 Å². The van der Waals surface area contributed by atoms with Crippen LogP contribution in [0.15, 0.2) is 12.4 Å². The third kappa shape index (κ3) is 3.42. The van der Waals surface area contributed by atoms with Crippen molar-refractivity contribution in [1.29, 1.82) is 0 Å². The van der Waals surface area contributed by atoms with Gasteiger partial charge in [0.1, 0.15) is 0 Å². The van der Waals surface area contributed by atoms with Gasteiger partial charge in [0.2, 0.25) is 0 Å². The van der Waals surface area contributed by atoms with E-state index >= 15 is 0 Å². The number of aryl methyl sites for hydroxylation is 1. The molecule has 1 N–H and O–H groups in total. The molecule has 1 rings (SSSR count). The van der Waals surface area contributed by atoms with Gasteiger partial charge in [-0.3, -0.25) is 9.97 Å². The van der Waals surface area contributed by atoms with Gasteiger partial charge in [0.15, 0.2) is 0 Å². The molecular formula is C11H18N2O. The second-order valence-corrected chi connectivity index (χ2v) is 4.07. The van der Waals surface area contributed by atoms with E-state index in [2.05, 4.69) is 23.8 Å². The average Bonchev–Trinajstić information content (AvgIpc) is 2.15. The summed E-state index contributed by atoms with van der Waals surface area (Å²) in [7, 11) is 0. The van der Waals surface area contributed by atoms with Gasteiger partial charge in [0.05, 0.1) is 23.7 Å². The second-order valence-electron chi connectivity index (χ2n) is 4.07. The van der Waals surface area contributed by atoms with E-state index in [9.17, 15) is 5.11 Å². The third-order valence-corrected chi connectivity index (χ3v) is 2.16. The van der Waals surface area contributed by atoms with E-state index in [1.807, 2.05) is 6.92 Å². The molecule has 0 bridgehead atoms. The van der Waals surface area contributed by atoms with Crippen LogP contribution in [0.25, 0.3) is 0 Å². The van der Waals surface area contributed by atoms with E-state index in [0.29, 0.717) is 11.6 Å². The molecule has 3 heteroatoms. The SMILES string of the molecule is Cc1cnc(C(O)CCC(C)C)cn1. The van der Waals surface area contributed by atoms with Crippen molar-refractivity contribution >= 4 is 0 Å². The zero-order chi connectivity index (χ0) is 10.6. The van der Waals surface area contributed by atoms with E-state index in [-0.39, 0.29) is 0 Å². The Hall–Kier alpha value is -0.960. The Morgan fingerprint density at radius 1 is 1.21 bits per heavy atom. The van der Waals surface area contributed by atoms with Gasteiger partial charge in [-0.15, -0.1) is 0 Å². The van der Waals surface area contributed by atoms with Crippen molar-refractivity contribution in [2.45, 2.75) is 39.7 Å². The Balaban J connectivity index is 2.52. The van der Waals surface area contributed by atoms with Gasteiger partial charge in [-0.1, -0.05) is 13.8 Å². The predicted octanol–water partition coefficient (Wildman–Crippen LogP) is 2.25. The zero-order valence-corrected chi connectivity index (χ0v) is 9.07. The molecule has 0 fully saturated rings. The first-order valence-electron chi connectivity index (χ1n) is 5.06. The fraction of sp³-hybridized carbons (Fsp3) is 0.636. The molecule has 0 aliphatic carbocycles. The van der Waals surface area contributed by atoms with Gasteiger partial charge in [-0.05, 0) is 25.7 Å². The summed E-state index contributed by atoms with van der Waals surface area (Å²) in [5, 5.41) is 9.76. The van der Waals surface area contributed by atoms with Crippen LogP contribution < -0.4 is 0 Å². The lowest BCUT2D eigenvalue weighted by Gasteiger charge is -2.10. The lowest BCUT2D eigenvalue weighted by Crippen LogP contribution is -2.03. The quantitative estimate of drug-likeness (QED) is 0.799. The standard InChI is InChI=1S/C11H18N2O/c1-8(2)4-5-11(14)10-7-12-9(3)6-13-10/h6-8,11,14H,4-5H2,1-3H3. The van der Waals surface area contributed by atoms with Crippen LogP contribution in [-0.2, 0) is 0 Å². The van der Waals surface area contributed by atoms with Crippen LogP contribution in [0.3, 0.4) is 0 Å². The zero-order valence-electron chi connectivity index (χ0n) is 9.07. The highest BCUT2D eigenvalue weighted by molar-refractivity contribution is 5.03. The predicted molar refractivity (Wildman–Crippen MR) is 55.8 cm³/mol. The summed E-state index contributed by atoms with van der Waals surface area (Å²) in [4.78, 5) is 8.25. The first kappa shape index (κ1) is 11.1. The molecule has 0 amide bonds. The van der Waals surface area contributed by atoms with Crippen LogP contribution in [0.4, 0.5) is 0 Å². The minimum absolute atomic E-state index is 0.467. The van der Waals surface area contributed by atoms with Crippen molar-refractivity contribution in [3.05, 3.63) is 23.8 Å². The molecule has 0 aromatic carbocycles. The summed E-state index contributed by atoms with van der Waals surface area (Å²) in [5.74, 6) is 0.614. The number of rotatable bonds is 4. The average molecular weight is 194 g/mol. The fourth-order valence-corrected chi connectivity index (χ4v) is 1.21. The first-order valence-corrected chi connectivity index (χ1v) is 5.06. The topological polar surface area (TPSA) is 46.0 Å². The largest absolute Gasteiger partial charge is 0.387 e. The van der Waals surface area contributed by atoms with Gasteiger partial charge < -0.3 is 5.11 Å². The van der Waals surface area contributed by atoms with Crippen molar-refractivity contribution in [1.82, 2.24) is 9.97 Å². The number of nitrogens with zero attached hydrogens (tertiary/aromatic N) is 2. The highest BCUT2D eigenvalue weighted by atomic mass is 16.3. The summed E-state index contributed by atoms with van der Waals surface area (Å²) < 4.78 is 0. The fourth-order valence-electron chi connectivity index (χ4n) is 1.21. The highest BCUT2D eigenvalue weighted by Gasteiger charge is 2.09. The Kier molecular flexibility index (Phi) is 4.01. The molecule has 1 unspecified atom stereocenters. The molecule has 1 atom stereocenters. The van der Waals surface area contributed by atoms with Crippen molar-refractivity contribution in [3.8, 4) is 0 Å². The third-order valence-electron chi connectivity index (χ3n) is 2.16. The number of hydrogen-bond acceptors (Lipinski definition) is 3. The maximum Gasteiger partial charge on any atom is 0.0975 e. The van der Waals surface area contributed by atoms with E-state index in [4.69, 9.17) is 0 Å². The minimum atomic E-state index is -0.467. The van der Waals surface area contributed by atoms with Gasteiger partial charge >= 0.3 is 0 Å². The van der Waals surface area contributed by atoms with Crippen LogP contribution >= 0.6 is 0 Å². The monoisotopic (exact) mass is 194 g/mol. The number of aliphatic hydroxyl groups is 1. The molecular weight excluding hydrogens is 176 g/mol.